The Kier molecular flexibility index (Phi) is 4.60. The van der Waals surface area contributed by atoms with Crippen molar-refractivity contribution in [2.75, 3.05) is 11.9 Å². The topological polar surface area (TPSA) is 70.6 Å². The van der Waals surface area contributed by atoms with Gasteiger partial charge in [0.1, 0.15) is 5.60 Å². The van der Waals surface area contributed by atoms with Gasteiger partial charge in [0.15, 0.2) is 5.96 Å². The number of guanidine groups is 1. The lowest BCUT2D eigenvalue weighted by Crippen LogP contribution is -2.29. The molecule has 0 saturated carbocycles. The van der Waals surface area contributed by atoms with Crippen LogP contribution in [-0.4, -0.2) is 17.6 Å². The van der Waals surface area contributed by atoms with Crippen LogP contribution in [0.2, 0.25) is 0 Å². The highest BCUT2D eigenvalue weighted by Crippen LogP contribution is 2.20. The number of hydrogen-bond donors (Lipinski definition) is 3. The van der Waals surface area contributed by atoms with Gasteiger partial charge in [0, 0.05) is 5.69 Å². The summed E-state index contributed by atoms with van der Waals surface area (Å²) in [6.45, 7) is 3.94. The summed E-state index contributed by atoms with van der Waals surface area (Å²) in [5, 5.41) is 13.5. The van der Waals surface area contributed by atoms with Crippen LogP contribution in [0.15, 0.2) is 59.6 Å². The van der Waals surface area contributed by atoms with Crippen molar-refractivity contribution in [1.82, 2.24) is 0 Å². The molecule has 1 unspecified atom stereocenters. The van der Waals surface area contributed by atoms with E-state index in [1.165, 1.54) is 0 Å². The molecule has 0 aromatic heterocycles. The summed E-state index contributed by atoms with van der Waals surface area (Å²) in [4.78, 5) is 4.23. The molecular formula is C17H21N3O. The monoisotopic (exact) mass is 283 g/mol. The standard InChI is InChI=1S/C17H21N3O/c1-13-7-6-10-15(11-13)20-16(18)19-12-17(2,21)14-8-4-3-5-9-14/h3-11,21H,12H2,1-2H3,(H3,18,19,20). The van der Waals surface area contributed by atoms with Gasteiger partial charge in [0.05, 0.1) is 6.54 Å². The first-order valence-electron chi connectivity index (χ1n) is 6.89. The van der Waals surface area contributed by atoms with Crippen LogP contribution in [0.5, 0.6) is 0 Å². The van der Waals surface area contributed by atoms with Gasteiger partial charge in [-0.25, -0.2) is 4.99 Å². The average molecular weight is 283 g/mol. The van der Waals surface area contributed by atoms with E-state index in [1.54, 1.807) is 6.92 Å². The first kappa shape index (κ1) is 15.1. The Morgan fingerprint density at radius 3 is 2.57 bits per heavy atom. The highest BCUT2D eigenvalue weighted by Gasteiger charge is 2.22. The van der Waals surface area contributed by atoms with E-state index in [-0.39, 0.29) is 12.5 Å². The first-order valence-corrected chi connectivity index (χ1v) is 6.89. The lowest BCUT2D eigenvalue weighted by atomic mass is 9.96. The molecule has 4 N–H and O–H groups in total. The lowest BCUT2D eigenvalue weighted by Gasteiger charge is -2.21. The Labute approximate surface area is 125 Å². The molecule has 0 aliphatic rings. The molecule has 0 amide bonds. The minimum absolute atomic E-state index is 0.196. The van der Waals surface area contributed by atoms with Crippen LogP contribution in [0.1, 0.15) is 18.1 Å². The van der Waals surface area contributed by atoms with Crippen molar-refractivity contribution < 1.29 is 5.11 Å². The molecule has 110 valence electrons. The van der Waals surface area contributed by atoms with Crippen molar-refractivity contribution in [3.05, 3.63) is 65.7 Å². The highest BCUT2D eigenvalue weighted by atomic mass is 16.3. The van der Waals surface area contributed by atoms with Gasteiger partial charge in [-0.3, -0.25) is 0 Å². The Morgan fingerprint density at radius 1 is 1.19 bits per heavy atom. The molecule has 21 heavy (non-hydrogen) atoms. The molecule has 0 bridgehead atoms. The number of aliphatic imine (C=N–C) groups is 1. The highest BCUT2D eigenvalue weighted by molar-refractivity contribution is 5.92. The Balaban J connectivity index is 2.03. The van der Waals surface area contributed by atoms with E-state index in [1.807, 2.05) is 61.5 Å². The number of aryl methyl sites for hydroxylation is 1. The largest absolute Gasteiger partial charge is 0.384 e. The van der Waals surface area contributed by atoms with Gasteiger partial charge in [-0.15, -0.1) is 0 Å². The molecule has 2 aromatic rings. The van der Waals surface area contributed by atoms with Crippen molar-refractivity contribution in [3.8, 4) is 0 Å². The molecular weight excluding hydrogens is 262 g/mol. The third kappa shape index (κ3) is 4.33. The van der Waals surface area contributed by atoms with Crippen LogP contribution in [0.4, 0.5) is 5.69 Å². The van der Waals surface area contributed by atoms with Crippen molar-refractivity contribution in [3.63, 3.8) is 0 Å². The number of nitrogens with zero attached hydrogens (tertiary/aromatic N) is 1. The first-order chi connectivity index (χ1) is 9.97. The molecule has 4 heteroatoms. The minimum atomic E-state index is -1.04. The van der Waals surface area contributed by atoms with Gasteiger partial charge < -0.3 is 16.2 Å². The number of nitrogens with two attached hydrogens (primary N) is 1. The molecule has 0 aliphatic heterocycles. The lowest BCUT2D eigenvalue weighted by molar-refractivity contribution is 0.0674. The minimum Gasteiger partial charge on any atom is -0.384 e. The van der Waals surface area contributed by atoms with Crippen molar-refractivity contribution in [1.29, 1.82) is 0 Å². The van der Waals surface area contributed by atoms with Crippen molar-refractivity contribution in [2.45, 2.75) is 19.4 Å². The number of benzene rings is 2. The van der Waals surface area contributed by atoms with E-state index in [2.05, 4.69) is 10.3 Å². The molecule has 0 radical (unpaired) electrons. The Bertz CT molecular complexity index is 621. The van der Waals surface area contributed by atoms with E-state index in [9.17, 15) is 5.11 Å². The molecule has 1 atom stereocenters. The fraction of sp³-hybridized carbons (Fsp3) is 0.235. The third-order valence-corrected chi connectivity index (χ3v) is 3.24. The second-order valence-electron chi connectivity index (χ2n) is 5.34. The van der Waals surface area contributed by atoms with Crippen LogP contribution in [0.3, 0.4) is 0 Å². The number of nitrogens with one attached hydrogen (secondary N) is 1. The van der Waals surface area contributed by atoms with Crippen molar-refractivity contribution in [2.24, 2.45) is 10.7 Å². The number of anilines is 1. The molecule has 0 spiro atoms. The second kappa shape index (κ2) is 6.41. The van der Waals surface area contributed by atoms with Gasteiger partial charge in [-0.1, -0.05) is 42.5 Å². The van der Waals surface area contributed by atoms with Crippen LogP contribution in [-0.2, 0) is 5.60 Å². The third-order valence-electron chi connectivity index (χ3n) is 3.24. The zero-order valence-electron chi connectivity index (χ0n) is 12.4. The summed E-state index contributed by atoms with van der Waals surface area (Å²) in [5.74, 6) is 0.289. The Hall–Kier alpha value is -2.33. The number of rotatable bonds is 4. The van der Waals surface area contributed by atoms with Crippen LogP contribution >= 0.6 is 0 Å². The maximum Gasteiger partial charge on any atom is 0.193 e. The fourth-order valence-electron chi connectivity index (χ4n) is 2.04. The summed E-state index contributed by atoms with van der Waals surface area (Å²) in [6.07, 6.45) is 0. The van der Waals surface area contributed by atoms with Crippen molar-refractivity contribution >= 4 is 11.6 Å². The molecule has 2 rings (SSSR count). The average Bonchev–Trinajstić information content (AvgIpc) is 2.46. The van der Waals surface area contributed by atoms with E-state index in [4.69, 9.17) is 5.73 Å². The fourth-order valence-corrected chi connectivity index (χ4v) is 2.04. The predicted molar refractivity (Wildman–Crippen MR) is 87.3 cm³/mol. The van der Waals surface area contributed by atoms with Crippen LogP contribution in [0, 0.1) is 6.92 Å². The normalized spacial score (nSPS) is 14.5. The van der Waals surface area contributed by atoms with Gasteiger partial charge in [0.25, 0.3) is 0 Å². The van der Waals surface area contributed by atoms with E-state index >= 15 is 0 Å². The predicted octanol–water partition coefficient (Wildman–Crippen LogP) is 2.63. The van der Waals surface area contributed by atoms with E-state index < -0.39 is 5.60 Å². The quantitative estimate of drug-likeness (QED) is 0.596. The summed E-state index contributed by atoms with van der Waals surface area (Å²) in [6, 6.07) is 17.3. The molecule has 0 heterocycles. The van der Waals surface area contributed by atoms with Crippen LogP contribution in [0.25, 0.3) is 0 Å². The van der Waals surface area contributed by atoms with Gasteiger partial charge in [-0.2, -0.15) is 0 Å². The molecule has 0 fully saturated rings. The molecule has 0 aliphatic carbocycles. The zero-order valence-corrected chi connectivity index (χ0v) is 12.4. The molecule has 4 nitrogen and oxygen atoms in total. The maximum atomic E-state index is 10.5. The zero-order chi connectivity index (χ0) is 15.3. The molecule has 2 aromatic carbocycles. The smallest absolute Gasteiger partial charge is 0.193 e. The van der Waals surface area contributed by atoms with E-state index in [0.29, 0.717) is 0 Å². The summed E-state index contributed by atoms with van der Waals surface area (Å²) in [7, 11) is 0. The summed E-state index contributed by atoms with van der Waals surface area (Å²) in [5.41, 5.74) is 7.67. The van der Waals surface area contributed by atoms with Gasteiger partial charge in [-0.05, 0) is 37.1 Å². The Morgan fingerprint density at radius 2 is 1.90 bits per heavy atom. The second-order valence-corrected chi connectivity index (χ2v) is 5.34. The maximum absolute atomic E-state index is 10.5. The van der Waals surface area contributed by atoms with E-state index in [0.717, 1.165) is 16.8 Å². The van der Waals surface area contributed by atoms with Gasteiger partial charge >= 0.3 is 0 Å². The van der Waals surface area contributed by atoms with Gasteiger partial charge in [0.2, 0.25) is 0 Å². The summed E-state index contributed by atoms with van der Waals surface area (Å²) < 4.78 is 0. The number of hydrogen-bond acceptors (Lipinski definition) is 2. The summed E-state index contributed by atoms with van der Waals surface area (Å²) >= 11 is 0. The SMILES string of the molecule is Cc1cccc(NC(N)=NCC(C)(O)c2ccccc2)c1. The number of aliphatic hydroxyl groups is 1. The molecule has 0 saturated heterocycles. The van der Waals surface area contributed by atoms with Crippen LogP contribution < -0.4 is 11.1 Å².